The van der Waals surface area contributed by atoms with Crippen molar-refractivity contribution in [3.8, 4) is 11.5 Å². The van der Waals surface area contributed by atoms with E-state index in [0.717, 1.165) is 4.47 Å². The highest BCUT2D eigenvalue weighted by Gasteiger charge is 2.08. The SMILES string of the molecule is C=C.COc1cc(N)cc(Br)c1OC. The summed E-state index contributed by atoms with van der Waals surface area (Å²) in [6.07, 6.45) is 0. The number of anilines is 1. The van der Waals surface area contributed by atoms with E-state index in [1.165, 1.54) is 0 Å². The quantitative estimate of drug-likeness (QED) is 0.656. The van der Waals surface area contributed by atoms with Crippen molar-refractivity contribution in [2.24, 2.45) is 0 Å². The van der Waals surface area contributed by atoms with E-state index in [-0.39, 0.29) is 0 Å². The molecule has 0 bridgehead atoms. The van der Waals surface area contributed by atoms with E-state index in [9.17, 15) is 0 Å². The molecule has 0 saturated carbocycles. The first-order chi connectivity index (χ1) is 6.69. The molecular weight excluding hydrogens is 246 g/mol. The van der Waals surface area contributed by atoms with E-state index in [2.05, 4.69) is 29.1 Å². The van der Waals surface area contributed by atoms with Crippen LogP contribution in [0.4, 0.5) is 5.69 Å². The molecular formula is C10H14BrNO2. The van der Waals surface area contributed by atoms with Crippen LogP contribution in [-0.4, -0.2) is 14.2 Å². The van der Waals surface area contributed by atoms with Gasteiger partial charge in [0.2, 0.25) is 0 Å². The standard InChI is InChI=1S/C8H10BrNO2.C2H4/c1-11-7-4-5(10)3-6(9)8(7)12-2;1-2/h3-4H,10H2,1-2H3;1-2H2. The zero-order valence-corrected chi connectivity index (χ0v) is 9.93. The van der Waals surface area contributed by atoms with Crippen molar-refractivity contribution in [1.82, 2.24) is 0 Å². The number of ether oxygens (including phenoxy) is 2. The first-order valence-electron chi connectivity index (χ1n) is 3.86. The van der Waals surface area contributed by atoms with E-state index in [0.29, 0.717) is 17.2 Å². The zero-order valence-electron chi connectivity index (χ0n) is 8.34. The van der Waals surface area contributed by atoms with Gasteiger partial charge in [-0.2, -0.15) is 0 Å². The fourth-order valence-electron chi connectivity index (χ4n) is 0.938. The Balaban J connectivity index is 0.000000791. The van der Waals surface area contributed by atoms with E-state index in [1.807, 2.05) is 0 Å². The number of nitrogen functional groups attached to an aromatic ring is 1. The van der Waals surface area contributed by atoms with Gasteiger partial charge in [-0.3, -0.25) is 0 Å². The largest absolute Gasteiger partial charge is 0.493 e. The van der Waals surface area contributed by atoms with Crippen LogP contribution >= 0.6 is 15.9 Å². The lowest BCUT2D eigenvalue weighted by Gasteiger charge is -2.09. The number of methoxy groups -OCH3 is 2. The average molecular weight is 260 g/mol. The molecule has 0 spiro atoms. The number of benzene rings is 1. The molecule has 0 aliphatic rings. The van der Waals surface area contributed by atoms with Crippen molar-refractivity contribution in [2.45, 2.75) is 0 Å². The maximum Gasteiger partial charge on any atom is 0.175 e. The van der Waals surface area contributed by atoms with Crippen LogP contribution < -0.4 is 15.2 Å². The summed E-state index contributed by atoms with van der Waals surface area (Å²) < 4.78 is 11.0. The fraction of sp³-hybridized carbons (Fsp3) is 0.200. The molecule has 14 heavy (non-hydrogen) atoms. The molecule has 1 rings (SSSR count). The van der Waals surface area contributed by atoms with Crippen LogP contribution in [0.3, 0.4) is 0 Å². The molecule has 0 atom stereocenters. The molecule has 2 N–H and O–H groups in total. The molecule has 3 nitrogen and oxygen atoms in total. The Morgan fingerprint density at radius 2 is 1.79 bits per heavy atom. The van der Waals surface area contributed by atoms with Gasteiger partial charge >= 0.3 is 0 Å². The third kappa shape index (κ3) is 2.96. The third-order valence-electron chi connectivity index (χ3n) is 1.46. The fourth-order valence-corrected chi connectivity index (χ4v) is 1.56. The van der Waals surface area contributed by atoms with Gasteiger partial charge in [0, 0.05) is 11.8 Å². The highest BCUT2D eigenvalue weighted by atomic mass is 79.9. The Kier molecular flexibility index (Phi) is 5.79. The summed E-state index contributed by atoms with van der Waals surface area (Å²) in [7, 11) is 3.16. The number of nitrogens with two attached hydrogens (primary N) is 1. The van der Waals surface area contributed by atoms with E-state index < -0.39 is 0 Å². The first-order valence-corrected chi connectivity index (χ1v) is 4.65. The van der Waals surface area contributed by atoms with Crippen LogP contribution in [0.1, 0.15) is 0 Å². The number of halogens is 1. The highest BCUT2D eigenvalue weighted by molar-refractivity contribution is 9.10. The van der Waals surface area contributed by atoms with Crippen LogP contribution in [-0.2, 0) is 0 Å². The Morgan fingerprint density at radius 1 is 1.21 bits per heavy atom. The van der Waals surface area contributed by atoms with E-state index in [4.69, 9.17) is 15.2 Å². The van der Waals surface area contributed by atoms with E-state index >= 15 is 0 Å². The second-order valence-corrected chi connectivity index (χ2v) is 3.09. The minimum atomic E-state index is 0.629. The second-order valence-electron chi connectivity index (χ2n) is 2.24. The van der Waals surface area contributed by atoms with Gasteiger partial charge in [-0.25, -0.2) is 0 Å². The molecule has 0 fully saturated rings. The molecule has 0 radical (unpaired) electrons. The lowest BCUT2D eigenvalue weighted by Crippen LogP contribution is -1.93. The molecule has 0 saturated heterocycles. The summed E-state index contributed by atoms with van der Waals surface area (Å²) in [5.74, 6) is 1.29. The van der Waals surface area contributed by atoms with Crippen LogP contribution in [0.5, 0.6) is 11.5 Å². The monoisotopic (exact) mass is 259 g/mol. The van der Waals surface area contributed by atoms with Crippen LogP contribution in [0, 0.1) is 0 Å². The number of hydrogen-bond acceptors (Lipinski definition) is 3. The van der Waals surface area contributed by atoms with Gasteiger partial charge in [0.15, 0.2) is 11.5 Å². The van der Waals surface area contributed by atoms with Crippen LogP contribution in [0.25, 0.3) is 0 Å². The maximum absolute atomic E-state index is 5.59. The molecule has 4 heteroatoms. The molecule has 0 unspecified atom stereocenters. The Bertz CT molecular complexity index is 302. The van der Waals surface area contributed by atoms with Gasteiger partial charge in [-0.05, 0) is 22.0 Å². The molecule has 0 aliphatic heterocycles. The molecule has 0 aliphatic carbocycles. The zero-order chi connectivity index (χ0) is 11.1. The van der Waals surface area contributed by atoms with Crippen molar-refractivity contribution in [1.29, 1.82) is 0 Å². The topological polar surface area (TPSA) is 44.5 Å². The number of hydrogen-bond donors (Lipinski definition) is 1. The van der Waals surface area contributed by atoms with Crippen molar-refractivity contribution >= 4 is 21.6 Å². The number of rotatable bonds is 2. The molecule has 0 aromatic heterocycles. The summed E-state index contributed by atoms with van der Waals surface area (Å²) in [6, 6.07) is 3.48. The normalized spacial score (nSPS) is 8.50. The minimum absolute atomic E-state index is 0.629. The predicted octanol–water partition coefficient (Wildman–Crippen LogP) is 2.85. The maximum atomic E-state index is 5.59. The van der Waals surface area contributed by atoms with Gasteiger partial charge in [0.05, 0.1) is 18.7 Å². The lowest BCUT2D eigenvalue weighted by molar-refractivity contribution is 0.353. The van der Waals surface area contributed by atoms with Crippen LogP contribution in [0.15, 0.2) is 29.8 Å². The molecule has 0 heterocycles. The van der Waals surface area contributed by atoms with Gasteiger partial charge in [-0.1, -0.05) is 0 Å². The van der Waals surface area contributed by atoms with Crippen molar-refractivity contribution < 1.29 is 9.47 Å². The van der Waals surface area contributed by atoms with Gasteiger partial charge < -0.3 is 15.2 Å². The Labute approximate surface area is 92.6 Å². The smallest absolute Gasteiger partial charge is 0.175 e. The van der Waals surface area contributed by atoms with E-state index in [1.54, 1.807) is 26.4 Å². The summed E-state index contributed by atoms with van der Waals surface area (Å²) in [5.41, 5.74) is 6.23. The van der Waals surface area contributed by atoms with Gasteiger partial charge in [0.25, 0.3) is 0 Å². The van der Waals surface area contributed by atoms with Crippen molar-refractivity contribution in [2.75, 3.05) is 20.0 Å². The molecule has 1 aromatic carbocycles. The summed E-state index contributed by atoms with van der Waals surface area (Å²) in [6.45, 7) is 6.00. The predicted molar refractivity (Wildman–Crippen MR) is 62.9 cm³/mol. The lowest BCUT2D eigenvalue weighted by atomic mass is 10.3. The summed E-state index contributed by atoms with van der Waals surface area (Å²) >= 11 is 3.31. The molecule has 0 amide bonds. The average Bonchev–Trinajstić information content (AvgIpc) is 2.19. The van der Waals surface area contributed by atoms with Crippen molar-refractivity contribution in [3.05, 3.63) is 29.8 Å². The molecule has 78 valence electrons. The van der Waals surface area contributed by atoms with Crippen molar-refractivity contribution in [3.63, 3.8) is 0 Å². The van der Waals surface area contributed by atoms with Gasteiger partial charge in [-0.15, -0.1) is 13.2 Å². The first kappa shape index (κ1) is 12.8. The molecule has 1 aromatic rings. The van der Waals surface area contributed by atoms with Crippen LogP contribution in [0.2, 0.25) is 0 Å². The summed E-state index contributed by atoms with van der Waals surface area (Å²) in [5, 5.41) is 0. The minimum Gasteiger partial charge on any atom is -0.493 e. The second kappa shape index (κ2) is 6.32. The summed E-state index contributed by atoms with van der Waals surface area (Å²) in [4.78, 5) is 0. The highest BCUT2D eigenvalue weighted by Crippen LogP contribution is 2.36. The third-order valence-corrected chi connectivity index (χ3v) is 2.04. The Morgan fingerprint density at radius 3 is 2.21 bits per heavy atom. The van der Waals surface area contributed by atoms with Gasteiger partial charge in [0.1, 0.15) is 0 Å². The Hall–Kier alpha value is -1.16.